The van der Waals surface area contributed by atoms with Gasteiger partial charge in [-0.3, -0.25) is 9.59 Å². The quantitative estimate of drug-likeness (QED) is 0.387. The zero-order chi connectivity index (χ0) is 25.4. The van der Waals surface area contributed by atoms with Crippen molar-refractivity contribution in [3.8, 4) is 17.2 Å². The maximum absolute atomic E-state index is 12.8. The van der Waals surface area contributed by atoms with Crippen LogP contribution in [0.15, 0.2) is 54.9 Å². The summed E-state index contributed by atoms with van der Waals surface area (Å²) < 4.78 is 0. The number of aryl methyl sites for hydroxylation is 1. The Morgan fingerprint density at radius 3 is 2.61 bits per heavy atom. The number of nitrogens with zero attached hydrogens (tertiary/aromatic N) is 4. The number of benzene rings is 1. The minimum Gasteiger partial charge on any atom is -0.306 e. The number of carbonyl (C=O) groups excluding carboxylic acids is 2. The molecule has 1 atom stereocenters. The van der Waals surface area contributed by atoms with Crippen molar-refractivity contribution in [2.45, 2.75) is 26.2 Å². The van der Waals surface area contributed by atoms with Gasteiger partial charge in [0.2, 0.25) is 11.8 Å². The molecule has 0 aliphatic rings. The Hall–Kier alpha value is -3.58. The highest BCUT2D eigenvalue weighted by molar-refractivity contribution is 7.15. The zero-order valence-corrected chi connectivity index (χ0v) is 22.2. The van der Waals surface area contributed by atoms with Crippen molar-refractivity contribution in [3.63, 3.8) is 0 Å². The number of anilines is 2. The summed E-state index contributed by atoms with van der Waals surface area (Å²) in [4.78, 5) is 36.5. The number of thiazole rings is 1. The lowest BCUT2D eigenvalue weighted by molar-refractivity contribution is -0.117. The van der Waals surface area contributed by atoms with Crippen molar-refractivity contribution < 1.29 is 9.59 Å². The van der Waals surface area contributed by atoms with Crippen LogP contribution >= 0.6 is 23.7 Å². The van der Waals surface area contributed by atoms with Gasteiger partial charge in [0, 0.05) is 35.5 Å². The van der Waals surface area contributed by atoms with Gasteiger partial charge in [-0.25, -0.2) is 9.97 Å². The van der Waals surface area contributed by atoms with Crippen LogP contribution in [-0.4, -0.2) is 47.3 Å². The summed E-state index contributed by atoms with van der Waals surface area (Å²) in [6, 6.07) is 11.3. The predicted molar refractivity (Wildman–Crippen MR) is 146 cm³/mol. The van der Waals surface area contributed by atoms with Crippen molar-refractivity contribution in [1.82, 2.24) is 14.9 Å². The number of aromatic nitrogens is 2. The van der Waals surface area contributed by atoms with Crippen molar-refractivity contribution in [2.24, 2.45) is 0 Å². The number of hydrogen-bond acceptors (Lipinski definition) is 7. The van der Waals surface area contributed by atoms with Crippen LogP contribution in [0.5, 0.6) is 0 Å². The molecule has 0 aliphatic heterocycles. The molecule has 10 heteroatoms. The van der Waals surface area contributed by atoms with Crippen molar-refractivity contribution in [2.75, 3.05) is 31.3 Å². The number of nitriles is 1. The van der Waals surface area contributed by atoms with E-state index >= 15 is 0 Å². The van der Waals surface area contributed by atoms with Crippen LogP contribution in [0, 0.1) is 11.3 Å². The van der Waals surface area contributed by atoms with Gasteiger partial charge in [-0.1, -0.05) is 37.3 Å². The smallest absolute Gasteiger partial charge is 0.249 e. The van der Waals surface area contributed by atoms with E-state index in [4.69, 9.17) is 0 Å². The van der Waals surface area contributed by atoms with Crippen molar-refractivity contribution >= 4 is 46.5 Å². The largest absolute Gasteiger partial charge is 0.306 e. The third-order valence-corrected chi connectivity index (χ3v) is 6.29. The molecular weight excluding hydrogens is 496 g/mol. The van der Waals surface area contributed by atoms with E-state index in [9.17, 15) is 14.9 Å². The van der Waals surface area contributed by atoms with Crippen molar-refractivity contribution in [1.29, 1.82) is 5.26 Å². The lowest BCUT2D eigenvalue weighted by Crippen LogP contribution is -2.18. The van der Waals surface area contributed by atoms with Gasteiger partial charge < -0.3 is 15.5 Å². The molecule has 0 radical (unpaired) electrons. The number of amides is 2. The number of pyridine rings is 1. The van der Waals surface area contributed by atoms with E-state index < -0.39 is 5.92 Å². The summed E-state index contributed by atoms with van der Waals surface area (Å²) in [6.07, 6.45) is 7.40. The first-order valence-corrected chi connectivity index (χ1v) is 12.0. The van der Waals surface area contributed by atoms with Crippen LogP contribution in [-0.2, 0) is 16.0 Å². The normalized spacial score (nSPS) is 11.6. The Labute approximate surface area is 221 Å². The third kappa shape index (κ3) is 7.71. The van der Waals surface area contributed by atoms with E-state index in [1.165, 1.54) is 17.4 Å². The fourth-order valence-electron chi connectivity index (χ4n) is 3.22. The van der Waals surface area contributed by atoms with Gasteiger partial charge >= 0.3 is 0 Å². The van der Waals surface area contributed by atoms with Crippen LogP contribution in [0.25, 0.3) is 11.1 Å². The third-order valence-electron chi connectivity index (χ3n) is 5.23. The van der Waals surface area contributed by atoms with Crippen LogP contribution in [0.2, 0.25) is 0 Å². The first-order chi connectivity index (χ1) is 16.8. The summed E-state index contributed by atoms with van der Waals surface area (Å²) in [6.45, 7) is 4.51. The van der Waals surface area contributed by atoms with E-state index in [1.54, 1.807) is 24.5 Å². The number of likely N-dealkylation sites (N-methyl/N-ethyl adjacent to an activating group) is 1. The van der Waals surface area contributed by atoms with Crippen LogP contribution in [0.1, 0.15) is 35.8 Å². The summed E-state index contributed by atoms with van der Waals surface area (Å²) in [7, 11) is 3.81. The highest BCUT2D eigenvalue weighted by Gasteiger charge is 2.18. The molecule has 2 heterocycles. The predicted octanol–water partition coefficient (Wildman–Crippen LogP) is 4.86. The van der Waals surface area contributed by atoms with Crippen molar-refractivity contribution in [3.05, 3.63) is 70.9 Å². The molecule has 0 aliphatic carbocycles. The molecule has 0 spiro atoms. The minimum atomic E-state index is -0.403. The van der Waals surface area contributed by atoms with E-state index in [-0.39, 0.29) is 35.6 Å². The van der Waals surface area contributed by atoms with E-state index in [1.807, 2.05) is 57.1 Å². The van der Waals surface area contributed by atoms with Gasteiger partial charge in [0.05, 0.1) is 11.5 Å². The number of carbonyl (C=O) groups is 2. The first kappa shape index (κ1) is 28.7. The van der Waals surface area contributed by atoms with Gasteiger partial charge in [-0.05, 0) is 44.6 Å². The molecule has 3 rings (SSSR count). The SMILES string of the molecule is CCc1cnc(NC(=O)[C@@H](C)c2cccc(-c3cnc(NC(=O)/C=C/CN(C)C)c(C#N)c3)c2)s1.Cl. The molecule has 1 aromatic carbocycles. The van der Waals surface area contributed by atoms with Gasteiger partial charge in [0.25, 0.3) is 0 Å². The molecule has 2 amide bonds. The maximum Gasteiger partial charge on any atom is 0.249 e. The Morgan fingerprint density at radius 2 is 1.94 bits per heavy atom. The fraction of sp³-hybridized carbons (Fsp3) is 0.269. The van der Waals surface area contributed by atoms with E-state index in [0.29, 0.717) is 17.2 Å². The molecule has 0 unspecified atom stereocenters. The summed E-state index contributed by atoms with van der Waals surface area (Å²) in [5.74, 6) is -0.693. The van der Waals surface area contributed by atoms with Gasteiger partial charge in [-0.2, -0.15) is 5.26 Å². The average molecular weight is 525 g/mol. The maximum atomic E-state index is 12.8. The lowest BCUT2D eigenvalue weighted by atomic mass is 9.96. The molecule has 36 heavy (non-hydrogen) atoms. The molecule has 0 fully saturated rings. The summed E-state index contributed by atoms with van der Waals surface area (Å²) >= 11 is 1.47. The Kier molecular flexibility index (Phi) is 10.7. The molecule has 0 bridgehead atoms. The molecule has 2 aromatic heterocycles. The van der Waals surface area contributed by atoms with E-state index in [0.717, 1.165) is 22.4 Å². The Bertz CT molecular complexity index is 1280. The second-order valence-electron chi connectivity index (χ2n) is 8.21. The number of rotatable bonds is 9. The Morgan fingerprint density at radius 1 is 1.17 bits per heavy atom. The number of halogens is 1. The molecule has 3 aromatic rings. The molecule has 0 saturated carbocycles. The molecular formula is C26H29ClN6O2S. The van der Waals surface area contributed by atoms with Gasteiger partial charge in [0.1, 0.15) is 6.07 Å². The van der Waals surface area contributed by atoms with Gasteiger partial charge in [-0.15, -0.1) is 23.7 Å². The minimum absolute atomic E-state index is 0. The first-order valence-electron chi connectivity index (χ1n) is 11.2. The lowest BCUT2D eigenvalue weighted by Gasteiger charge is -2.13. The second-order valence-corrected chi connectivity index (χ2v) is 9.32. The summed E-state index contributed by atoms with van der Waals surface area (Å²) in [5.41, 5.74) is 2.61. The monoisotopic (exact) mass is 524 g/mol. The standard InChI is InChI=1S/C26H28N6O2S.ClH/c1-5-22-16-29-26(35-22)31-25(34)17(2)18-8-6-9-19(12-18)21-13-20(14-27)24(28-15-21)30-23(33)10-7-11-32(3)4;/h6-10,12-13,15-17H,5,11H2,1-4H3,(H,28,30,33)(H,29,31,34);1H/b10-7+;/t17-;/m0./s1. The highest BCUT2D eigenvalue weighted by atomic mass is 35.5. The zero-order valence-electron chi connectivity index (χ0n) is 20.6. The van der Waals surface area contributed by atoms with Crippen LogP contribution in [0.3, 0.4) is 0 Å². The van der Waals surface area contributed by atoms with Crippen LogP contribution in [0.4, 0.5) is 10.9 Å². The second kappa shape index (κ2) is 13.5. The molecule has 0 saturated heterocycles. The highest BCUT2D eigenvalue weighted by Crippen LogP contribution is 2.27. The topological polar surface area (TPSA) is 111 Å². The van der Waals surface area contributed by atoms with E-state index in [2.05, 4.69) is 26.7 Å². The number of nitrogens with one attached hydrogen (secondary N) is 2. The summed E-state index contributed by atoms with van der Waals surface area (Å²) in [5, 5.41) is 15.7. The average Bonchev–Trinajstić information content (AvgIpc) is 3.31. The van der Waals surface area contributed by atoms with Gasteiger partial charge in [0.15, 0.2) is 10.9 Å². The fourth-order valence-corrected chi connectivity index (χ4v) is 3.97. The molecule has 2 N–H and O–H groups in total. The molecule has 188 valence electrons. The molecule has 8 nitrogen and oxygen atoms in total. The Balaban J connectivity index is 0.00000456. The van der Waals surface area contributed by atoms with Crippen LogP contribution < -0.4 is 10.6 Å². The number of hydrogen-bond donors (Lipinski definition) is 2.